The predicted octanol–water partition coefficient (Wildman–Crippen LogP) is 3.92. The highest BCUT2D eigenvalue weighted by molar-refractivity contribution is 7.80. The molecule has 3 aromatic carbocycles. The molecule has 0 aromatic heterocycles. The van der Waals surface area contributed by atoms with Gasteiger partial charge in [0.1, 0.15) is 0 Å². The molecule has 0 fully saturated rings. The fraction of sp³-hybridized carbons (Fsp3) is 0.143. The van der Waals surface area contributed by atoms with Crippen molar-refractivity contribution in [2.45, 2.75) is 5.85 Å². The molecular formula is C21H22O4P2. The summed E-state index contributed by atoms with van der Waals surface area (Å²) in [6.45, 7) is 0. The number of aliphatic hydroxyl groups excluding tert-OH is 1. The van der Waals surface area contributed by atoms with Crippen LogP contribution in [0.3, 0.4) is 0 Å². The summed E-state index contributed by atoms with van der Waals surface area (Å²) < 4.78 is 22.9. The third kappa shape index (κ3) is 4.21. The fourth-order valence-electron chi connectivity index (χ4n) is 2.94. The molecule has 3 aromatic rings. The average molecular weight is 400 g/mol. The minimum Gasteiger partial charge on any atom is -0.376 e. The Bertz CT molecular complexity index is 868. The van der Waals surface area contributed by atoms with E-state index in [4.69, 9.17) is 9.05 Å². The van der Waals surface area contributed by atoms with Crippen molar-refractivity contribution >= 4 is 31.4 Å². The first-order chi connectivity index (χ1) is 13.1. The molecule has 0 aliphatic rings. The standard InChI is InChI=1S/C21H22O4P2/c1-24-27(23,25-2)21(22)19-15-9-10-16-20(19)26(17-11-5-3-6-12-17)18-13-7-4-8-14-18/h3-16,21-22H,1-2H3. The van der Waals surface area contributed by atoms with Crippen LogP contribution in [0.25, 0.3) is 0 Å². The minimum atomic E-state index is -3.68. The van der Waals surface area contributed by atoms with E-state index in [1.807, 2.05) is 54.6 Å². The lowest BCUT2D eigenvalue weighted by Gasteiger charge is -2.26. The van der Waals surface area contributed by atoms with Crippen molar-refractivity contribution in [1.82, 2.24) is 0 Å². The Morgan fingerprint density at radius 1 is 0.778 bits per heavy atom. The van der Waals surface area contributed by atoms with Crippen LogP contribution in [-0.4, -0.2) is 19.3 Å². The van der Waals surface area contributed by atoms with Crippen molar-refractivity contribution < 1.29 is 18.7 Å². The van der Waals surface area contributed by atoms with Crippen molar-refractivity contribution in [3.05, 3.63) is 90.5 Å². The first kappa shape index (κ1) is 19.9. The van der Waals surface area contributed by atoms with E-state index in [0.717, 1.165) is 15.9 Å². The lowest BCUT2D eigenvalue weighted by atomic mass is 10.2. The summed E-state index contributed by atoms with van der Waals surface area (Å²) in [5, 5.41) is 14.1. The molecule has 0 aliphatic heterocycles. The topological polar surface area (TPSA) is 55.8 Å². The van der Waals surface area contributed by atoms with Crippen LogP contribution in [-0.2, 0) is 13.6 Å². The fourth-order valence-corrected chi connectivity index (χ4v) is 6.64. The molecule has 1 atom stereocenters. The number of hydrogen-bond donors (Lipinski definition) is 1. The zero-order valence-corrected chi connectivity index (χ0v) is 17.0. The Morgan fingerprint density at radius 2 is 1.22 bits per heavy atom. The summed E-state index contributed by atoms with van der Waals surface area (Å²) in [6.07, 6.45) is 0. The van der Waals surface area contributed by atoms with Gasteiger partial charge >= 0.3 is 7.60 Å². The van der Waals surface area contributed by atoms with Gasteiger partial charge in [0, 0.05) is 19.8 Å². The van der Waals surface area contributed by atoms with E-state index in [1.165, 1.54) is 14.2 Å². The molecule has 0 spiro atoms. The van der Waals surface area contributed by atoms with Gasteiger partial charge < -0.3 is 14.2 Å². The molecule has 4 nitrogen and oxygen atoms in total. The summed E-state index contributed by atoms with van der Waals surface area (Å²) in [6, 6.07) is 27.8. The highest BCUT2D eigenvalue weighted by atomic mass is 31.2. The SMILES string of the molecule is COP(=O)(OC)C(O)c1ccccc1P(c1ccccc1)c1ccccc1. The third-order valence-corrected chi connectivity index (χ3v) is 8.71. The average Bonchev–Trinajstić information content (AvgIpc) is 2.75. The molecule has 27 heavy (non-hydrogen) atoms. The van der Waals surface area contributed by atoms with E-state index in [-0.39, 0.29) is 0 Å². The third-order valence-electron chi connectivity index (χ3n) is 4.29. The lowest BCUT2D eigenvalue weighted by molar-refractivity contribution is 0.176. The Kier molecular flexibility index (Phi) is 6.59. The Balaban J connectivity index is 2.19. The molecule has 6 heteroatoms. The molecule has 0 saturated carbocycles. The molecule has 0 aliphatic carbocycles. The van der Waals surface area contributed by atoms with Crippen LogP contribution in [0.5, 0.6) is 0 Å². The minimum absolute atomic E-state index is 0.559. The second-order valence-electron chi connectivity index (χ2n) is 5.84. The monoisotopic (exact) mass is 400 g/mol. The number of aliphatic hydroxyl groups is 1. The highest BCUT2D eigenvalue weighted by Gasteiger charge is 2.36. The second-order valence-corrected chi connectivity index (χ2v) is 10.3. The summed E-state index contributed by atoms with van der Waals surface area (Å²) in [7, 11) is -2.06. The summed E-state index contributed by atoms with van der Waals surface area (Å²) in [5.41, 5.74) is 0.559. The van der Waals surface area contributed by atoms with E-state index >= 15 is 0 Å². The van der Waals surface area contributed by atoms with Gasteiger partial charge in [-0.1, -0.05) is 84.9 Å². The van der Waals surface area contributed by atoms with Crippen LogP contribution in [0.4, 0.5) is 0 Å². The first-order valence-corrected chi connectivity index (χ1v) is 11.4. The first-order valence-electron chi connectivity index (χ1n) is 8.49. The molecule has 0 amide bonds. The molecular weight excluding hydrogens is 378 g/mol. The highest BCUT2D eigenvalue weighted by Crippen LogP contribution is 2.58. The predicted molar refractivity (Wildman–Crippen MR) is 112 cm³/mol. The second kappa shape index (κ2) is 8.93. The van der Waals surface area contributed by atoms with E-state index in [9.17, 15) is 9.67 Å². The maximum Gasteiger partial charge on any atom is 0.362 e. The number of benzene rings is 3. The van der Waals surface area contributed by atoms with Crippen LogP contribution in [0.15, 0.2) is 84.9 Å². The van der Waals surface area contributed by atoms with Crippen molar-refractivity contribution in [2.24, 2.45) is 0 Å². The molecule has 3 rings (SSSR count). The van der Waals surface area contributed by atoms with Crippen molar-refractivity contribution in [3.8, 4) is 0 Å². The van der Waals surface area contributed by atoms with E-state index in [2.05, 4.69) is 24.3 Å². The molecule has 1 unspecified atom stereocenters. The molecule has 0 heterocycles. The van der Waals surface area contributed by atoms with Crippen LogP contribution in [0, 0.1) is 0 Å². The maximum absolute atomic E-state index is 12.8. The lowest BCUT2D eigenvalue weighted by Crippen LogP contribution is -2.24. The van der Waals surface area contributed by atoms with Gasteiger partial charge in [0.15, 0.2) is 5.85 Å². The van der Waals surface area contributed by atoms with Crippen LogP contribution in [0.1, 0.15) is 11.4 Å². The zero-order valence-electron chi connectivity index (χ0n) is 15.2. The molecule has 140 valence electrons. The van der Waals surface area contributed by atoms with E-state index < -0.39 is 21.4 Å². The van der Waals surface area contributed by atoms with E-state index in [0.29, 0.717) is 5.56 Å². The van der Waals surface area contributed by atoms with Crippen molar-refractivity contribution in [1.29, 1.82) is 0 Å². The quantitative estimate of drug-likeness (QED) is 0.611. The molecule has 1 N–H and O–H groups in total. The van der Waals surface area contributed by atoms with Gasteiger partial charge in [-0.3, -0.25) is 4.57 Å². The van der Waals surface area contributed by atoms with Gasteiger partial charge in [0.2, 0.25) is 0 Å². The van der Waals surface area contributed by atoms with Crippen molar-refractivity contribution in [2.75, 3.05) is 14.2 Å². The van der Waals surface area contributed by atoms with Gasteiger partial charge in [0.05, 0.1) is 0 Å². The number of hydrogen-bond acceptors (Lipinski definition) is 4. The van der Waals surface area contributed by atoms with Crippen LogP contribution >= 0.6 is 15.5 Å². The smallest absolute Gasteiger partial charge is 0.362 e. The summed E-state index contributed by atoms with van der Waals surface area (Å²) >= 11 is 0. The summed E-state index contributed by atoms with van der Waals surface area (Å²) in [5.74, 6) is -1.36. The van der Waals surface area contributed by atoms with E-state index in [1.54, 1.807) is 6.07 Å². The largest absolute Gasteiger partial charge is 0.376 e. The Morgan fingerprint density at radius 3 is 1.70 bits per heavy atom. The summed E-state index contributed by atoms with van der Waals surface area (Å²) in [4.78, 5) is 0. The Labute approximate surface area is 161 Å². The van der Waals surface area contributed by atoms with Crippen LogP contribution in [0.2, 0.25) is 0 Å². The molecule has 0 bridgehead atoms. The molecule has 0 saturated heterocycles. The van der Waals surface area contributed by atoms with Gasteiger partial charge in [-0.25, -0.2) is 0 Å². The Hall–Kier alpha value is -1.80. The van der Waals surface area contributed by atoms with Gasteiger partial charge in [0.25, 0.3) is 0 Å². The van der Waals surface area contributed by atoms with Gasteiger partial charge in [-0.05, 0) is 23.8 Å². The normalized spacial score (nSPS) is 12.9. The van der Waals surface area contributed by atoms with Crippen LogP contribution < -0.4 is 15.9 Å². The molecule has 0 radical (unpaired) electrons. The van der Waals surface area contributed by atoms with Gasteiger partial charge in [-0.2, -0.15) is 0 Å². The van der Waals surface area contributed by atoms with Gasteiger partial charge in [-0.15, -0.1) is 0 Å². The van der Waals surface area contributed by atoms with Crippen molar-refractivity contribution in [3.63, 3.8) is 0 Å². The maximum atomic E-state index is 12.8. The number of rotatable bonds is 7. The zero-order chi connectivity index (χ0) is 19.3.